The molecule has 0 spiro atoms. The quantitative estimate of drug-likeness (QED) is 0.881. The van der Waals surface area contributed by atoms with Crippen molar-refractivity contribution in [3.8, 4) is 0 Å². The minimum atomic E-state index is 0.139. The van der Waals surface area contributed by atoms with Crippen LogP contribution in [-0.2, 0) is 0 Å². The van der Waals surface area contributed by atoms with Gasteiger partial charge in [-0.3, -0.25) is 4.98 Å². The third-order valence-electron chi connectivity index (χ3n) is 2.91. The maximum absolute atomic E-state index is 5.59. The second kappa shape index (κ2) is 4.72. The fourth-order valence-corrected chi connectivity index (χ4v) is 2.18. The lowest BCUT2D eigenvalue weighted by Gasteiger charge is -2.16. The molecule has 0 saturated carbocycles. The van der Waals surface area contributed by atoms with Crippen LogP contribution < -0.4 is 5.32 Å². The molecule has 3 nitrogen and oxygen atoms in total. The number of aryl methyl sites for hydroxylation is 3. The smallest absolute Gasteiger partial charge is 0.106 e. The molecule has 2 heterocycles. The van der Waals surface area contributed by atoms with Crippen molar-refractivity contribution in [2.45, 2.75) is 26.8 Å². The molecule has 0 fully saturated rings. The van der Waals surface area contributed by atoms with Gasteiger partial charge in [0.1, 0.15) is 11.5 Å². The van der Waals surface area contributed by atoms with Gasteiger partial charge < -0.3 is 9.73 Å². The predicted octanol–water partition coefficient (Wildman–Crippen LogP) is 2.91. The zero-order chi connectivity index (χ0) is 12.4. The summed E-state index contributed by atoms with van der Waals surface area (Å²) >= 11 is 0. The lowest BCUT2D eigenvalue weighted by Crippen LogP contribution is -2.18. The van der Waals surface area contributed by atoms with E-state index in [2.05, 4.69) is 29.4 Å². The van der Waals surface area contributed by atoms with Crippen molar-refractivity contribution < 1.29 is 4.42 Å². The van der Waals surface area contributed by atoms with Crippen LogP contribution in [0.4, 0.5) is 0 Å². The van der Waals surface area contributed by atoms with Crippen LogP contribution in [-0.4, -0.2) is 12.0 Å². The Bertz CT molecular complexity index is 517. The predicted molar refractivity (Wildman–Crippen MR) is 68.1 cm³/mol. The summed E-state index contributed by atoms with van der Waals surface area (Å²) in [7, 11) is 1.95. The van der Waals surface area contributed by atoms with Gasteiger partial charge in [-0.2, -0.15) is 0 Å². The van der Waals surface area contributed by atoms with E-state index in [-0.39, 0.29) is 6.04 Å². The molecule has 2 rings (SSSR count). The SMILES string of the molecule is CNC(c1cncc(C)c1)c1cc(C)oc1C. The summed E-state index contributed by atoms with van der Waals surface area (Å²) in [5, 5.41) is 3.32. The lowest BCUT2D eigenvalue weighted by molar-refractivity contribution is 0.497. The fraction of sp³-hybridized carbons (Fsp3) is 0.357. The largest absolute Gasteiger partial charge is 0.466 e. The van der Waals surface area contributed by atoms with Gasteiger partial charge in [0.15, 0.2) is 0 Å². The van der Waals surface area contributed by atoms with Gasteiger partial charge in [-0.1, -0.05) is 6.07 Å². The van der Waals surface area contributed by atoms with Gasteiger partial charge in [0.2, 0.25) is 0 Å². The van der Waals surface area contributed by atoms with Crippen LogP contribution in [0.15, 0.2) is 28.9 Å². The van der Waals surface area contributed by atoms with Crippen molar-refractivity contribution in [1.29, 1.82) is 0 Å². The average Bonchev–Trinajstić information content (AvgIpc) is 2.59. The average molecular weight is 230 g/mol. The molecule has 17 heavy (non-hydrogen) atoms. The molecule has 1 unspecified atom stereocenters. The van der Waals surface area contributed by atoms with Crippen molar-refractivity contribution in [3.05, 3.63) is 52.7 Å². The van der Waals surface area contributed by atoms with Gasteiger partial charge in [0.25, 0.3) is 0 Å². The van der Waals surface area contributed by atoms with Gasteiger partial charge in [-0.05, 0) is 45.0 Å². The second-order valence-electron chi connectivity index (χ2n) is 4.39. The third-order valence-corrected chi connectivity index (χ3v) is 2.91. The van der Waals surface area contributed by atoms with Crippen LogP contribution in [0.25, 0.3) is 0 Å². The molecule has 0 amide bonds. The molecule has 0 bridgehead atoms. The summed E-state index contributed by atoms with van der Waals surface area (Å²) in [6.45, 7) is 6.02. The molecular formula is C14H18N2O. The summed E-state index contributed by atoms with van der Waals surface area (Å²) in [5.41, 5.74) is 3.51. The highest BCUT2D eigenvalue weighted by atomic mass is 16.3. The molecule has 0 aliphatic carbocycles. The minimum absolute atomic E-state index is 0.139. The van der Waals surface area contributed by atoms with E-state index in [1.54, 1.807) is 0 Å². The van der Waals surface area contributed by atoms with E-state index in [0.717, 1.165) is 17.1 Å². The summed E-state index contributed by atoms with van der Waals surface area (Å²) in [6.07, 6.45) is 3.76. The number of furan rings is 1. The molecule has 90 valence electrons. The molecule has 1 atom stereocenters. The van der Waals surface area contributed by atoms with E-state index in [0.29, 0.717) is 0 Å². The maximum atomic E-state index is 5.59. The van der Waals surface area contributed by atoms with Crippen LogP contribution in [0, 0.1) is 20.8 Å². The van der Waals surface area contributed by atoms with Gasteiger partial charge >= 0.3 is 0 Å². The fourth-order valence-electron chi connectivity index (χ4n) is 2.18. The standard InChI is InChI=1S/C14H18N2O/c1-9-5-12(8-16-7-9)14(15-4)13-6-10(2)17-11(13)3/h5-8,14-15H,1-4H3. The Morgan fingerprint density at radius 3 is 2.47 bits per heavy atom. The molecule has 0 radical (unpaired) electrons. The normalized spacial score (nSPS) is 12.7. The van der Waals surface area contributed by atoms with Gasteiger partial charge in [-0.25, -0.2) is 0 Å². The van der Waals surface area contributed by atoms with Crippen molar-refractivity contribution in [2.75, 3.05) is 7.05 Å². The van der Waals surface area contributed by atoms with Crippen molar-refractivity contribution in [3.63, 3.8) is 0 Å². The summed E-state index contributed by atoms with van der Waals surface area (Å²) in [5.74, 6) is 1.90. The third kappa shape index (κ3) is 2.39. The Labute approximate surface area is 102 Å². The van der Waals surface area contributed by atoms with Gasteiger partial charge in [0, 0.05) is 18.0 Å². The summed E-state index contributed by atoms with van der Waals surface area (Å²) in [6, 6.07) is 4.37. The maximum Gasteiger partial charge on any atom is 0.106 e. The van der Waals surface area contributed by atoms with Gasteiger partial charge in [-0.15, -0.1) is 0 Å². The second-order valence-corrected chi connectivity index (χ2v) is 4.39. The number of nitrogens with zero attached hydrogens (tertiary/aromatic N) is 1. The van der Waals surface area contributed by atoms with E-state index in [1.807, 2.05) is 33.3 Å². The molecule has 3 heteroatoms. The molecule has 0 aliphatic heterocycles. The van der Waals surface area contributed by atoms with Crippen molar-refractivity contribution in [2.24, 2.45) is 0 Å². The van der Waals surface area contributed by atoms with Crippen LogP contribution in [0.1, 0.15) is 34.3 Å². The van der Waals surface area contributed by atoms with Crippen LogP contribution in [0.3, 0.4) is 0 Å². The summed E-state index contributed by atoms with van der Waals surface area (Å²) < 4.78 is 5.59. The zero-order valence-corrected chi connectivity index (χ0v) is 10.7. The van der Waals surface area contributed by atoms with Crippen LogP contribution in [0.2, 0.25) is 0 Å². The number of hydrogen-bond donors (Lipinski definition) is 1. The Kier molecular flexibility index (Phi) is 3.29. The van der Waals surface area contributed by atoms with Gasteiger partial charge in [0.05, 0.1) is 6.04 Å². The highest BCUT2D eigenvalue weighted by molar-refractivity contribution is 5.34. The molecule has 1 N–H and O–H groups in total. The Morgan fingerprint density at radius 2 is 1.94 bits per heavy atom. The topological polar surface area (TPSA) is 38.1 Å². The minimum Gasteiger partial charge on any atom is -0.466 e. The van der Waals surface area contributed by atoms with E-state index in [1.165, 1.54) is 11.1 Å². The zero-order valence-electron chi connectivity index (χ0n) is 10.7. The first-order valence-electron chi connectivity index (χ1n) is 5.77. The van der Waals surface area contributed by atoms with E-state index < -0.39 is 0 Å². The highest BCUT2D eigenvalue weighted by Gasteiger charge is 2.17. The number of aromatic nitrogens is 1. The monoisotopic (exact) mass is 230 g/mol. The highest BCUT2D eigenvalue weighted by Crippen LogP contribution is 2.27. The summed E-state index contributed by atoms with van der Waals surface area (Å²) in [4.78, 5) is 4.24. The first-order chi connectivity index (χ1) is 8.11. The number of pyridine rings is 1. The van der Waals surface area contributed by atoms with Crippen LogP contribution >= 0.6 is 0 Å². The van der Waals surface area contributed by atoms with E-state index >= 15 is 0 Å². The van der Waals surface area contributed by atoms with Crippen molar-refractivity contribution >= 4 is 0 Å². The Morgan fingerprint density at radius 1 is 1.18 bits per heavy atom. The lowest BCUT2D eigenvalue weighted by atomic mass is 10.00. The number of nitrogens with one attached hydrogen (secondary N) is 1. The van der Waals surface area contributed by atoms with Crippen molar-refractivity contribution in [1.82, 2.24) is 10.3 Å². The molecule has 2 aromatic rings. The van der Waals surface area contributed by atoms with E-state index in [4.69, 9.17) is 4.42 Å². The molecule has 0 aliphatic rings. The number of hydrogen-bond acceptors (Lipinski definition) is 3. The Balaban J connectivity index is 2.43. The first kappa shape index (κ1) is 11.9. The number of rotatable bonds is 3. The first-order valence-corrected chi connectivity index (χ1v) is 5.77. The molecule has 0 saturated heterocycles. The molecular weight excluding hydrogens is 212 g/mol. The van der Waals surface area contributed by atoms with Crippen LogP contribution in [0.5, 0.6) is 0 Å². The molecule has 2 aromatic heterocycles. The molecule has 0 aromatic carbocycles. The Hall–Kier alpha value is -1.61. The van der Waals surface area contributed by atoms with E-state index in [9.17, 15) is 0 Å².